The fourth-order valence-electron chi connectivity index (χ4n) is 7.79. The van der Waals surface area contributed by atoms with E-state index in [1.807, 2.05) is 34.9 Å². The molecule has 12 atom stereocenters. The molecule has 0 unspecified atom stereocenters. The molecular formula is C33H56N3O10UV-. The molecule has 3 rings (SSSR count). The van der Waals surface area contributed by atoms with Gasteiger partial charge in [0, 0.05) is 74.7 Å². The maximum Gasteiger partial charge on any atom is 0.408 e. The van der Waals surface area contributed by atoms with Crippen molar-refractivity contribution in [2.75, 3.05) is 21.2 Å². The Bertz CT molecular complexity index is 1150. The van der Waals surface area contributed by atoms with Crippen LogP contribution in [0.15, 0.2) is 0 Å². The zero-order valence-corrected chi connectivity index (χ0v) is 36.1. The summed E-state index contributed by atoms with van der Waals surface area (Å²) in [6, 6.07) is -0.837. The van der Waals surface area contributed by atoms with Crippen LogP contribution in [0.1, 0.15) is 81.6 Å². The van der Waals surface area contributed by atoms with Gasteiger partial charge in [0.25, 0.3) is 5.97 Å². The van der Waals surface area contributed by atoms with Gasteiger partial charge in [0.1, 0.15) is 23.6 Å². The molecule has 0 aliphatic carbocycles. The number of fused-ring (bicyclic) bond motifs is 1. The summed E-state index contributed by atoms with van der Waals surface area (Å²) in [6.45, 7) is 15.9. The number of carbonyl (C=O) groups excluding carboxylic acids is 4. The van der Waals surface area contributed by atoms with Crippen LogP contribution in [0.2, 0.25) is 0 Å². The third kappa shape index (κ3) is 9.72. The minimum absolute atomic E-state index is 0. The first-order valence-corrected chi connectivity index (χ1v) is 16.3. The van der Waals surface area contributed by atoms with E-state index in [0.29, 0.717) is 12.8 Å². The van der Waals surface area contributed by atoms with Crippen LogP contribution >= 0.6 is 0 Å². The number of nitrogens with zero attached hydrogens (tertiary/aromatic N) is 1. The predicted octanol–water partition coefficient (Wildman–Crippen LogP) is 3.60. The number of cyclic esters (lactones) is 1. The molecule has 13 nitrogen and oxygen atoms in total. The number of rotatable bonds is 6. The van der Waals surface area contributed by atoms with Crippen molar-refractivity contribution in [3.63, 3.8) is 0 Å². The second kappa shape index (κ2) is 17.6. The minimum Gasteiger partial charge on any atom is -0.460 e. The van der Waals surface area contributed by atoms with Crippen LogP contribution in [0.4, 0.5) is 9.59 Å². The first-order valence-electron chi connectivity index (χ1n) is 16.3. The Balaban J connectivity index is 0.00000576. The Morgan fingerprint density at radius 2 is 1.71 bits per heavy atom. The Labute approximate surface area is 321 Å². The molecule has 3 saturated heterocycles. The fourth-order valence-corrected chi connectivity index (χ4v) is 7.79. The van der Waals surface area contributed by atoms with E-state index in [1.165, 1.54) is 0 Å². The van der Waals surface area contributed by atoms with Crippen molar-refractivity contribution in [1.29, 1.82) is 0 Å². The number of ether oxygens (including phenoxy) is 6. The molecule has 0 aromatic carbocycles. The Kier molecular flexibility index (Phi) is 16.6. The molecule has 3 aliphatic rings. The smallest absolute Gasteiger partial charge is 0.408 e. The summed E-state index contributed by atoms with van der Waals surface area (Å²) in [6.07, 6.45) is -2.23. The van der Waals surface area contributed by atoms with Crippen molar-refractivity contribution in [1.82, 2.24) is 10.2 Å². The average molecular weight is 944 g/mol. The van der Waals surface area contributed by atoms with E-state index in [-0.39, 0.29) is 74.0 Å². The third-order valence-electron chi connectivity index (χ3n) is 10.0. The molecule has 0 saturated carbocycles. The summed E-state index contributed by atoms with van der Waals surface area (Å²) >= 11 is 0. The number of methoxy groups -OCH3 is 1. The van der Waals surface area contributed by atoms with E-state index in [4.69, 9.17) is 34.2 Å². The summed E-state index contributed by atoms with van der Waals surface area (Å²) in [5.74, 6) is -2.77. The van der Waals surface area contributed by atoms with Crippen molar-refractivity contribution in [2.24, 2.45) is 28.9 Å². The number of amides is 2. The first-order chi connectivity index (χ1) is 21.2. The SMILES string of the molecule is CC[C@H]1OC(=O)C(C)(C)[CH-][C@H](C)[C@@H](O[C@@H]2O[C@H](C)C[C@H](N(C)C)[C@H]2OC)[C@](C)(OC(N)=O)C[C@@H](C)C(=O)[C@H](C)[C@H]2NC(=O)O[C@@]21C.[U].[V]. The molecular weight excluding hydrogens is 887 g/mol. The molecule has 273 valence electrons. The zero-order chi connectivity index (χ0) is 34.9. The second-order valence-electron chi connectivity index (χ2n) is 14.6. The van der Waals surface area contributed by atoms with Crippen LogP contribution in [0.3, 0.4) is 0 Å². The summed E-state index contributed by atoms with van der Waals surface area (Å²) < 4.78 is 36.6. The largest absolute Gasteiger partial charge is 0.460 e. The molecule has 3 N–H and O–H groups in total. The Morgan fingerprint density at radius 1 is 1.10 bits per heavy atom. The molecule has 0 aromatic rings. The van der Waals surface area contributed by atoms with Gasteiger partial charge in [-0.15, -0.1) is 5.92 Å². The number of primary amides is 1. The van der Waals surface area contributed by atoms with E-state index >= 15 is 0 Å². The van der Waals surface area contributed by atoms with E-state index in [0.717, 1.165) is 0 Å². The number of Topliss-reactive ketones (excluding diaryl/α,β-unsaturated/α-hetero) is 1. The fraction of sp³-hybridized carbons (Fsp3) is 0.848. The van der Waals surface area contributed by atoms with Crippen LogP contribution in [0.5, 0.6) is 0 Å². The van der Waals surface area contributed by atoms with E-state index in [9.17, 15) is 19.2 Å². The average Bonchev–Trinajstić information content (AvgIpc) is 3.25. The van der Waals surface area contributed by atoms with Gasteiger partial charge >= 0.3 is 12.2 Å². The Hall–Kier alpha value is -0.844. The molecule has 48 heavy (non-hydrogen) atoms. The number of nitrogens with one attached hydrogen (secondary N) is 1. The maximum atomic E-state index is 14.1. The van der Waals surface area contributed by atoms with Gasteiger partial charge in [-0.2, -0.15) is 0 Å². The number of likely N-dealkylation sites (N-methyl/N-ethyl adjacent to an activating group) is 1. The number of nitrogens with two attached hydrogens (primary N) is 1. The molecule has 0 aromatic heterocycles. The van der Waals surface area contributed by atoms with Crippen molar-refractivity contribution < 1.29 is 97.3 Å². The van der Waals surface area contributed by atoms with Gasteiger partial charge in [-0.3, -0.25) is 9.59 Å². The summed E-state index contributed by atoms with van der Waals surface area (Å²) in [7, 11) is 5.50. The summed E-state index contributed by atoms with van der Waals surface area (Å²) in [4.78, 5) is 55.1. The van der Waals surface area contributed by atoms with Crippen molar-refractivity contribution >= 4 is 23.9 Å². The van der Waals surface area contributed by atoms with Gasteiger partial charge < -0.3 is 50.8 Å². The van der Waals surface area contributed by atoms with Gasteiger partial charge in [0.2, 0.25) is 0 Å². The predicted molar refractivity (Wildman–Crippen MR) is 168 cm³/mol. The molecule has 0 bridgehead atoms. The van der Waals surface area contributed by atoms with Gasteiger partial charge in [-0.25, -0.2) is 9.59 Å². The monoisotopic (exact) mass is 943 g/mol. The topological polar surface area (TPSA) is 165 Å². The number of hydrogen-bond donors (Lipinski definition) is 2. The first kappa shape index (κ1) is 45.2. The normalized spacial score (nSPS) is 40.6. The van der Waals surface area contributed by atoms with Crippen molar-refractivity contribution in [3.05, 3.63) is 6.42 Å². The quantitative estimate of drug-likeness (QED) is 0.227. The van der Waals surface area contributed by atoms with Gasteiger partial charge in [0.05, 0.1) is 18.2 Å². The van der Waals surface area contributed by atoms with Crippen molar-refractivity contribution in [3.8, 4) is 0 Å². The number of esters is 1. The minimum atomic E-state index is -1.47. The second-order valence-corrected chi connectivity index (χ2v) is 14.6. The Morgan fingerprint density at radius 3 is 2.23 bits per heavy atom. The number of hydrogen-bond acceptors (Lipinski definition) is 11. The third-order valence-corrected chi connectivity index (χ3v) is 10.0. The van der Waals surface area contributed by atoms with Crippen LogP contribution in [0, 0.1) is 60.7 Å². The van der Waals surface area contributed by atoms with Crippen LogP contribution < -0.4 is 11.1 Å². The molecule has 15 heteroatoms. The molecule has 1 radical (unpaired) electrons. The number of ketones is 1. The van der Waals surface area contributed by atoms with Crippen molar-refractivity contribution in [2.45, 2.75) is 136 Å². The van der Waals surface area contributed by atoms with Crippen LogP contribution in [-0.4, -0.2) is 104 Å². The van der Waals surface area contributed by atoms with E-state index in [2.05, 4.69) is 10.2 Å². The maximum absolute atomic E-state index is 14.1. The number of carbonyl (C=O) groups is 4. The molecule has 0 spiro atoms. The van der Waals surface area contributed by atoms with Gasteiger partial charge in [0.15, 0.2) is 11.9 Å². The van der Waals surface area contributed by atoms with Gasteiger partial charge in [-0.05, 0) is 54.1 Å². The van der Waals surface area contributed by atoms with Crippen LogP contribution in [0.25, 0.3) is 0 Å². The summed E-state index contributed by atoms with van der Waals surface area (Å²) in [5, 5.41) is 2.78. The number of alkyl carbamates (subject to hydrolysis) is 1. The van der Waals surface area contributed by atoms with E-state index in [1.54, 1.807) is 55.1 Å². The molecule has 3 fully saturated rings. The zero-order valence-electron chi connectivity index (χ0n) is 30.5. The molecule has 3 aliphatic heterocycles. The standard InChI is InChI=1S/C33H56N3O10.U.V/c1-13-22-33(9)25(35-30(40)46-33)20(5)23(37)17(2)16-32(8,45-29(34)39)26(18(3)15-31(6,7)28(38)43-22)44-27-24(41-12)21(36(10)11)14-19(4)42-27;;/h15,17-22,24-27H,13-14,16H2,1-12H3,(H2,34,39)(H,35,40);;/q-1;;/t17-,18+,19-,20+,21+,22-,24-,25-,26-,27+,32-,33-;;/m1../s1. The molecule has 3 heterocycles. The van der Waals surface area contributed by atoms with Gasteiger partial charge in [-0.1, -0.05) is 47.0 Å². The van der Waals surface area contributed by atoms with Crippen LogP contribution in [-0.2, 0) is 56.6 Å². The summed E-state index contributed by atoms with van der Waals surface area (Å²) in [5.41, 5.74) is 1.70. The van der Waals surface area contributed by atoms with E-state index < -0.39 is 83.2 Å². The molecule has 2 amide bonds.